The Balaban J connectivity index is 1.70. The van der Waals surface area contributed by atoms with E-state index in [1.165, 1.54) is 0 Å². The van der Waals surface area contributed by atoms with Crippen LogP contribution in [-0.4, -0.2) is 19.9 Å². The molecular formula is C24H20N4. The number of aryl methyl sites for hydroxylation is 4. The van der Waals surface area contributed by atoms with E-state index in [2.05, 4.69) is 48.6 Å². The van der Waals surface area contributed by atoms with Gasteiger partial charge in [0.1, 0.15) is 0 Å². The number of hydrogen-bond acceptors (Lipinski definition) is 4. The van der Waals surface area contributed by atoms with Crippen LogP contribution < -0.4 is 0 Å². The molecular weight excluding hydrogens is 344 g/mol. The zero-order chi connectivity index (χ0) is 19.4. The van der Waals surface area contributed by atoms with Gasteiger partial charge in [-0.25, -0.2) is 19.9 Å². The lowest BCUT2D eigenvalue weighted by atomic mass is 9.97. The van der Waals surface area contributed by atoms with E-state index < -0.39 is 0 Å². The molecule has 0 N–H and O–H groups in total. The van der Waals surface area contributed by atoms with Gasteiger partial charge in [0.15, 0.2) is 0 Å². The Labute approximate surface area is 163 Å². The van der Waals surface area contributed by atoms with Crippen LogP contribution in [-0.2, 0) is 0 Å². The maximum absolute atomic E-state index is 4.70. The molecule has 136 valence electrons. The van der Waals surface area contributed by atoms with Crippen LogP contribution in [0, 0.1) is 27.7 Å². The summed E-state index contributed by atoms with van der Waals surface area (Å²) < 4.78 is 0. The molecule has 4 nitrogen and oxygen atoms in total. The molecule has 0 radical (unpaired) electrons. The number of fused-ring (bicyclic) bond motifs is 4. The minimum absolute atomic E-state index is 0.927. The van der Waals surface area contributed by atoms with E-state index in [1.807, 2.05) is 27.7 Å². The fourth-order valence-corrected chi connectivity index (χ4v) is 3.56. The third-order valence-corrected chi connectivity index (χ3v) is 5.45. The maximum atomic E-state index is 4.70. The van der Waals surface area contributed by atoms with Crippen molar-refractivity contribution in [2.45, 2.75) is 27.7 Å². The number of hydrogen-bond donors (Lipinski definition) is 0. The standard InChI is InChI=1S/C24H20N4/c1-13-14(2)26-22-10-18-7-8-20-12-24-23(27-15(3)16(4)28-24)11-19(20)6-5-17(18)9-21(22)25-13/h5-12H,1-4H3/b6-5-,8-7-,17-5?,18-7?,19-6?,20-8?. The zero-order valence-electron chi connectivity index (χ0n) is 16.4. The van der Waals surface area contributed by atoms with Crippen LogP contribution in [0.3, 0.4) is 0 Å². The van der Waals surface area contributed by atoms with Gasteiger partial charge in [-0.1, -0.05) is 24.3 Å². The summed E-state index contributed by atoms with van der Waals surface area (Å²) >= 11 is 0. The van der Waals surface area contributed by atoms with Crippen LogP contribution >= 0.6 is 0 Å². The molecule has 4 heteroatoms. The first-order chi connectivity index (χ1) is 13.5. The van der Waals surface area contributed by atoms with Crippen LogP contribution in [0.5, 0.6) is 0 Å². The summed E-state index contributed by atoms with van der Waals surface area (Å²) in [6.45, 7) is 8.00. The van der Waals surface area contributed by atoms with Gasteiger partial charge in [-0.15, -0.1) is 0 Å². The first-order valence-electron chi connectivity index (χ1n) is 9.42. The van der Waals surface area contributed by atoms with Crippen molar-refractivity contribution in [2.24, 2.45) is 0 Å². The van der Waals surface area contributed by atoms with Crippen molar-refractivity contribution in [1.29, 1.82) is 0 Å². The second kappa shape index (κ2) is 6.06. The van der Waals surface area contributed by atoms with E-state index in [1.54, 1.807) is 0 Å². The summed E-state index contributed by atoms with van der Waals surface area (Å²) in [5.41, 5.74) is 12.1. The lowest BCUT2D eigenvalue weighted by molar-refractivity contribution is 1.10. The monoisotopic (exact) mass is 364 g/mol. The van der Waals surface area contributed by atoms with Crippen molar-refractivity contribution in [2.75, 3.05) is 0 Å². The van der Waals surface area contributed by atoms with Crippen molar-refractivity contribution in [3.63, 3.8) is 0 Å². The second-order valence-electron chi connectivity index (χ2n) is 7.40. The molecule has 0 saturated carbocycles. The Morgan fingerprint density at radius 3 is 0.821 bits per heavy atom. The fourth-order valence-electron chi connectivity index (χ4n) is 3.56. The van der Waals surface area contributed by atoms with Crippen molar-refractivity contribution in [3.05, 3.63) is 69.3 Å². The van der Waals surface area contributed by atoms with E-state index in [-0.39, 0.29) is 0 Å². The highest BCUT2D eigenvalue weighted by Crippen LogP contribution is 2.28. The lowest BCUT2D eigenvalue weighted by Crippen LogP contribution is -1.97. The number of aromatic nitrogens is 4. The highest BCUT2D eigenvalue weighted by molar-refractivity contribution is 5.93. The van der Waals surface area contributed by atoms with Gasteiger partial charge in [-0.2, -0.15) is 0 Å². The molecule has 0 amide bonds. The Morgan fingerprint density at radius 1 is 0.393 bits per heavy atom. The van der Waals surface area contributed by atoms with Crippen molar-refractivity contribution >= 4 is 46.4 Å². The van der Waals surface area contributed by atoms with Crippen LogP contribution in [0.1, 0.15) is 45.0 Å². The number of nitrogens with zero attached hydrogens (tertiary/aromatic N) is 4. The van der Waals surface area contributed by atoms with Crippen molar-refractivity contribution in [3.8, 4) is 0 Å². The molecule has 0 spiro atoms. The van der Waals surface area contributed by atoms with E-state index in [4.69, 9.17) is 19.9 Å². The summed E-state index contributed by atoms with van der Waals surface area (Å²) in [6.07, 6.45) is 8.59. The molecule has 0 atom stereocenters. The van der Waals surface area contributed by atoms with Gasteiger partial charge in [-0.05, 0) is 74.2 Å². The van der Waals surface area contributed by atoms with Gasteiger partial charge in [0.25, 0.3) is 0 Å². The van der Waals surface area contributed by atoms with Crippen LogP contribution in [0.2, 0.25) is 0 Å². The molecule has 1 aliphatic carbocycles. The smallest absolute Gasteiger partial charge is 0.0896 e. The highest BCUT2D eigenvalue weighted by Gasteiger charge is 2.10. The Kier molecular flexibility index (Phi) is 3.63. The predicted molar refractivity (Wildman–Crippen MR) is 116 cm³/mol. The van der Waals surface area contributed by atoms with E-state index in [0.29, 0.717) is 0 Å². The highest BCUT2D eigenvalue weighted by atomic mass is 14.8. The molecule has 2 aromatic carbocycles. The van der Waals surface area contributed by atoms with Crippen LogP contribution in [0.25, 0.3) is 46.4 Å². The van der Waals surface area contributed by atoms with Gasteiger partial charge in [0.05, 0.1) is 44.8 Å². The molecule has 2 heterocycles. The normalized spacial score (nSPS) is 15.0. The minimum Gasteiger partial charge on any atom is -0.250 e. The minimum atomic E-state index is 0.927. The van der Waals surface area contributed by atoms with Crippen molar-refractivity contribution < 1.29 is 0 Å². The van der Waals surface area contributed by atoms with Gasteiger partial charge in [-0.3, -0.25) is 0 Å². The van der Waals surface area contributed by atoms with Gasteiger partial charge >= 0.3 is 0 Å². The van der Waals surface area contributed by atoms with E-state index in [9.17, 15) is 0 Å². The van der Waals surface area contributed by atoms with Crippen LogP contribution in [0.15, 0.2) is 24.3 Å². The lowest BCUT2D eigenvalue weighted by Gasteiger charge is -2.11. The van der Waals surface area contributed by atoms with E-state index >= 15 is 0 Å². The second-order valence-corrected chi connectivity index (χ2v) is 7.40. The first-order valence-corrected chi connectivity index (χ1v) is 9.42. The largest absolute Gasteiger partial charge is 0.250 e. The molecule has 28 heavy (non-hydrogen) atoms. The Bertz CT molecular complexity index is 1140. The summed E-state index contributed by atoms with van der Waals surface area (Å²) in [5, 5.41) is 0. The SMILES string of the molecule is Cc1nc2cc3c(cc2nc1C)/C=C\c1cc2nc(C)c(C)nc2cc1/C=C\3. The topological polar surface area (TPSA) is 51.6 Å². The van der Waals surface area contributed by atoms with Gasteiger partial charge in [0.2, 0.25) is 0 Å². The summed E-state index contributed by atoms with van der Waals surface area (Å²) in [4.78, 5) is 18.8. The summed E-state index contributed by atoms with van der Waals surface area (Å²) in [6, 6.07) is 8.46. The number of rotatable bonds is 0. The summed E-state index contributed by atoms with van der Waals surface area (Å²) in [7, 11) is 0. The number of benzene rings is 2. The van der Waals surface area contributed by atoms with Gasteiger partial charge < -0.3 is 0 Å². The summed E-state index contributed by atoms with van der Waals surface area (Å²) in [5.74, 6) is 0. The van der Waals surface area contributed by atoms with E-state index in [0.717, 1.165) is 67.1 Å². The molecule has 0 fully saturated rings. The quantitative estimate of drug-likeness (QED) is 0.366. The van der Waals surface area contributed by atoms with Crippen molar-refractivity contribution in [1.82, 2.24) is 19.9 Å². The van der Waals surface area contributed by atoms with Gasteiger partial charge in [0, 0.05) is 0 Å². The molecule has 0 saturated heterocycles. The molecule has 4 aromatic rings. The maximum Gasteiger partial charge on any atom is 0.0896 e. The molecule has 0 bridgehead atoms. The molecule has 0 unspecified atom stereocenters. The third kappa shape index (κ3) is 2.69. The predicted octanol–water partition coefficient (Wildman–Crippen LogP) is 5.46. The average molecular weight is 364 g/mol. The molecule has 2 aromatic heterocycles. The molecule has 5 rings (SSSR count). The Morgan fingerprint density at radius 2 is 0.607 bits per heavy atom. The average Bonchev–Trinajstić information content (AvgIpc) is 2.65. The first kappa shape index (κ1) is 16.8. The molecule has 0 aliphatic heterocycles. The Hall–Kier alpha value is -3.40. The third-order valence-electron chi connectivity index (χ3n) is 5.45. The van der Waals surface area contributed by atoms with Crippen LogP contribution in [0.4, 0.5) is 0 Å². The molecule has 1 aliphatic rings. The zero-order valence-corrected chi connectivity index (χ0v) is 16.4. The fraction of sp³-hybridized carbons (Fsp3) is 0.167.